The molecule has 0 bridgehead atoms. The van der Waals surface area contributed by atoms with E-state index in [0.717, 1.165) is 11.8 Å². The van der Waals surface area contributed by atoms with E-state index in [9.17, 15) is 0 Å². The Morgan fingerprint density at radius 1 is 1.35 bits per heavy atom. The van der Waals surface area contributed by atoms with E-state index in [1.807, 2.05) is 0 Å². The standard InChI is InChI=1S/C16H23Br/c1-3-12(2)11-14-9-6-8-13-7-4-5-10-15(13)16(14)17/h4-5,7,10,12,14,16H,3,6,8-9,11H2,1-2H3. The number of halogens is 1. The van der Waals surface area contributed by atoms with Crippen molar-refractivity contribution >= 4 is 15.9 Å². The van der Waals surface area contributed by atoms with Gasteiger partial charge in [-0.15, -0.1) is 0 Å². The minimum absolute atomic E-state index is 0.565. The molecule has 0 spiro atoms. The van der Waals surface area contributed by atoms with E-state index in [2.05, 4.69) is 54.0 Å². The van der Waals surface area contributed by atoms with Crippen molar-refractivity contribution < 1.29 is 0 Å². The molecular formula is C16H23Br. The van der Waals surface area contributed by atoms with E-state index in [-0.39, 0.29) is 0 Å². The molecule has 1 aliphatic rings. The van der Waals surface area contributed by atoms with Gasteiger partial charge in [0, 0.05) is 4.83 Å². The van der Waals surface area contributed by atoms with Crippen LogP contribution in [0.15, 0.2) is 24.3 Å². The Morgan fingerprint density at radius 3 is 2.88 bits per heavy atom. The molecule has 0 N–H and O–H groups in total. The molecule has 0 saturated heterocycles. The van der Waals surface area contributed by atoms with Gasteiger partial charge in [0.15, 0.2) is 0 Å². The van der Waals surface area contributed by atoms with Crippen molar-refractivity contribution in [1.82, 2.24) is 0 Å². The molecule has 3 unspecified atom stereocenters. The largest absolute Gasteiger partial charge is 0.0836 e. The summed E-state index contributed by atoms with van der Waals surface area (Å²) >= 11 is 3.96. The zero-order chi connectivity index (χ0) is 12.3. The maximum absolute atomic E-state index is 3.96. The summed E-state index contributed by atoms with van der Waals surface area (Å²) in [4.78, 5) is 0.565. The summed E-state index contributed by atoms with van der Waals surface area (Å²) in [5.74, 6) is 1.67. The fourth-order valence-electron chi connectivity index (χ4n) is 2.91. The molecule has 0 fully saturated rings. The lowest BCUT2D eigenvalue weighted by Crippen LogP contribution is -2.11. The summed E-state index contributed by atoms with van der Waals surface area (Å²) < 4.78 is 0. The smallest absolute Gasteiger partial charge is 0.0426 e. The number of alkyl halides is 1. The molecule has 1 aliphatic carbocycles. The molecule has 94 valence electrons. The average molecular weight is 295 g/mol. The third kappa shape index (κ3) is 3.13. The van der Waals surface area contributed by atoms with E-state index in [1.165, 1.54) is 32.1 Å². The Hall–Kier alpha value is -0.300. The molecule has 0 aliphatic heterocycles. The van der Waals surface area contributed by atoms with Crippen LogP contribution in [-0.2, 0) is 6.42 Å². The van der Waals surface area contributed by atoms with E-state index in [0.29, 0.717) is 4.83 Å². The highest BCUT2D eigenvalue weighted by Gasteiger charge is 2.26. The van der Waals surface area contributed by atoms with Gasteiger partial charge in [0.25, 0.3) is 0 Å². The maximum Gasteiger partial charge on any atom is 0.0426 e. The Morgan fingerprint density at radius 2 is 2.12 bits per heavy atom. The fraction of sp³-hybridized carbons (Fsp3) is 0.625. The number of hydrogen-bond donors (Lipinski definition) is 0. The van der Waals surface area contributed by atoms with Crippen molar-refractivity contribution in [3.63, 3.8) is 0 Å². The van der Waals surface area contributed by atoms with Crippen molar-refractivity contribution in [3.05, 3.63) is 35.4 Å². The first-order valence-electron chi connectivity index (χ1n) is 6.94. The monoisotopic (exact) mass is 294 g/mol. The van der Waals surface area contributed by atoms with Crippen LogP contribution in [0.2, 0.25) is 0 Å². The van der Waals surface area contributed by atoms with Crippen LogP contribution in [0.25, 0.3) is 0 Å². The second-order valence-corrected chi connectivity index (χ2v) is 6.49. The maximum atomic E-state index is 3.96. The van der Waals surface area contributed by atoms with Crippen LogP contribution in [0, 0.1) is 11.8 Å². The van der Waals surface area contributed by atoms with Crippen molar-refractivity contribution in [3.8, 4) is 0 Å². The molecule has 0 nitrogen and oxygen atoms in total. The van der Waals surface area contributed by atoms with Gasteiger partial charge in [0.05, 0.1) is 0 Å². The highest BCUT2D eigenvalue weighted by Crippen LogP contribution is 2.42. The number of rotatable bonds is 3. The summed E-state index contributed by atoms with van der Waals surface area (Å²) in [7, 11) is 0. The first-order valence-corrected chi connectivity index (χ1v) is 7.85. The highest BCUT2D eigenvalue weighted by molar-refractivity contribution is 9.09. The molecule has 0 radical (unpaired) electrons. The molecule has 3 atom stereocenters. The van der Waals surface area contributed by atoms with Gasteiger partial charge in [-0.3, -0.25) is 0 Å². The molecule has 2 rings (SSSR count). The summed E-state index contributed by atoms with van der Waals surface area (Å²) in [5, 5.41) is 0. The van der Waals surface area contributed by atoms with Crippen molar-refractivity contribution in [2.45, 2.75) is 50.8 Å². The normalized spacial score (nSPS) is 26.1. The Bertz CT molecular complexity index is 358. The fourth-order valence-corrected chi connectivity index (χ4v) is 3.83. The van der Waals surface area contributed by atoms with Gasteiger partial charge in [0.2, 0.25) is 0 Å². The van der Waals surface area contributed by atoms with Gasteiger partial charge in [-0.1, -0.05) is 60.5 Å². The predicted molar refractivity (Wildman–Crippen MR) is 78.6 cm³/mol. The lowest BCUT2D eigenvalue weighted by molar-refractivity contribution is 0.359. The summed E-state index contributed by atoms with van der Waals surface area (Å²) in [5.41, 5.74) is 3.10. The average Bonchev–Trinajstić information content (AvgIpc) is 2.51. The van der Waals surface area contributed by atoms with Crippen LogP contribution >= 0.6 is 15.9 Å². The molecule has 1 aromatic carbocycles. The predicted octanol–water partition coefficient (Wildman–Crippen LogP) is 5.51. The minimum Gasteiger partial charge on any atom is -0.0836 e. The van der Waals surface area contributed by atoms with Crippen molar-refractivity contribution in [2.24, 2.45) is 11.8 Å². The molecule has 0 aromatic heterocycles. The van der Waals surface area contributed by atoms with E-state index >= 15 is 0 Å². The summed E-state index contributed by atoms with van der Waals surface area (Å²) in [6, 6.07) is 8.96. The Labute approximate surface area is 114 Å². The summed E-state index contributed by atoms with van der Waals surface area (Å²) in [6.07, 6.45) is 6.64. The van der Waals surface area contributed by atoms with Crippen molar-refractivity contribution in [1.29, 1.82) is 0 Å². The highest BCUT2D eigenvalue weighted by atomic mass is 79.9. The Balaban J connectivity index is 2.17. The zero-order valence-corrected chi connectivity index (χ0v) is 12.5. The quantitative estimate of drug-likeness (QED) is 0.509. The number of hydrogen-bond acceptors (Lipinski definition) is 0. The second kappa shape index (κ2) is 6.04. The molecule has 17 heavy (non-hydrogen) atoms. The van der Waals surface area contributed by atoms with Crippen LogP contribution in [-0.4, -0.2) is 0 Å². The van der Waals surface area contributed by atoms with Crippen LogP contribution in [0.3, 0.4) is 0 Å². The SMILES string of the molecule is CCC(C)CC1CCCc2ccccc2C1Br. The molecule has 0 heterocycles. The van der Waals surface area contributed by atoms with Crippen LogP contribution in [0.1, 0.15) is 55.5 Å². The van der Waals surface area contributed by atoms with Crippen LogP contribution in [0.5, 0.6) is 0 Å². The molecule has 0 saturated carbocycles. The topological polar surface area (TPSA) is 0 Å². The van der Waals surface area contributed by atoms with E-state index in [1.54, 1.807) is 11.1 Å². The number of aryl methyl sites for hydroxylation is 1. The summed E-state index contributed by atoms with van der Waals surface area (Å²) in [6.45, 7) is 4.69. The van der Waals surface area contributed by atoms with Gasteiger partial charge in [-0.25, -0.2) is 0 Å². The zero-order valence-electron chi connectivity index (χ0n) is 11.0. The first kappa shape index (κ1) is 13.1. The Kier molecular flexibility index (Phi) is 4.67. The third-order valence-corrected chi connectivity index (χ3v) is 5.43. The number of benzene rings is 1. The molecular weight excluding hydrogens is 272 g/mol. The van der Waals surface area contributed by atoms with Crippen LogP contribution < -0.4 is 0 Å². The number of fused-ring (bicyclic) bond motifs is 1. The van der Waals surface area contributed by atoms with E-state index < -0.39 is 0 Å². The second-order valence-electron chi connectivity index (χ2n) is 5.50. The van der Waals surface area contributed by atoms with Gasteiger partial charge < -0.3 is 0 Å². The van der Waals surface area contributed by atoms with Crippen molar-refractivity contribution in [2.75, 3.05) is 0 Å². The lowest BCUT2D eigenvalue weighted by atomic mass is 9.87. The van der Waals surface area contributed by atoms with Gasteiger partial charge in [0.1, 0.15) is 0 Å². The van der Waals surface area contributed by atoms with Gasteiger partial charge >= 0.3 is 0 Å². The third-order valence-electron chi connectivity index (χ3n) is 4.19. The van der Waals surface area contributed by atoms with Gasteiger partial charge in [-0.05, 0) is 48.6 Å². The lowest BCUT2D eigenvalue weighted by Gasteiger charge is -2.24. The molecule has 1 aromatic rings. The molecule has 0 amide bonds. The first-order chi connectivity index (χ1) is 8.22. The molecule has 1 heteroatoms. The van der Waals surface area contributed by atoms with Gasteiger partial charge in [-0.2, -0.15) is 0 Å². The van der Waals surface area contributed by atoms with Crippen LogP contribution in [0.4, 0.5) is 0 Å². The minimum atomic E-state index is 0.565. The van der Waals surface area contributed by atoms with E-state index in [4.69, 9.17) is 0 Å².